The molecule has 4 nitrogen and oxygen atoms in total. The van der Waals surface area contributed by atoms with Gasteiger partial charge in [-0.2, -0.15) is 0 Å². The van der Waals surface area contributed by atoms with Gasteiger partial charge < -0.3 is 9.84 Å². The summed E-state index contributed by atoms with van der Waals surface area (Å²) in [6.45, 7) is 1.51. The molecule has 14 heavy (non-hydrogen) atoms. The van der Waals surface area contributed by atoms with Gasteiger partial charge in [-0.05, 0) is 13.3 Å². The third-order valence-electron chi connectivity index (χ3n) is 2.59. The van der Waals surface area contributed by atoms with Crippen LogP contribution in [0.3, 0.4) is 0 Å². The fourth-order valence-corrected chi connectivity index (χ4v) is 1.71. The van der Waals surface area contributed by atoms with Crippen molar-refractivity contribution >= 4 is 11.8 Å². The van der Waals surface area contributed by atoms with Crippen LogP contribution in [0.5, 0.6) is 0 Å². The number of Topliss-reactive ketones (excluding diaryl/α,β-unsaturated/α-hetero) is 1. The number of ether oxygens (including phenoxy) is 1. The minimum Gasteiger partial charge on any atom is -0.478 e. The lowest BCUT2D eigenvalue weighted by Gasteiger charge is -2.27. The zero-order valence-electron chi connectivity index (χ0n) is 8.32. The van der Waals surface area contributed by atoms with E-state index in [0.717, 1.165) is 0 Å². The number of ketones is 1. The Balaban J connectivity index is 2.79. The molecule has 0 saturated heterocycles. The maximum atomic E-state index is 11.2. The van der Waals surface area contributed by atoms with Crippen LogP contribution >= 0.6 is 0 Å². The maximum Gasteiger partial charge on any atom is 0.331 e. The van der Waals surface area contributed by atoms with Crippen LogP contribution in [0.25, 0.3) is 0 Å². The van der Waals surface area contributed by atoms with Crippen LogP contribution in [0.4, 0.5) is 0 Å². The molecule has 1 N–H and O–H groups in total. The summed E-state index contributed by atoms with van der Waals surface area (Å²) in [6.07, 6.45) is 2.11. The van der Waals surface area contributed by atoms with E-state index in [0.29, 0.717) is 18.4 Å². The molecule has 0 aliphatic heterocycles. The second-order valence-corrected chi connectivity index (χ2v) is 3.47. The summed E-state index contributed by atoms with van der Waals surface area (Å²) in [7, 11) is 1.51. The third-order valence-corrected chi connectivity index (χ3v) is 2.59. The highest BCUT2D eigenvalue weighted by molar-refractivity contribution is 5.88. The van der Waals surface area contributed by atoms with E-state index in [4.69, 9.17) is 9.84 Å². The Hall–Kier alpha value is -1.16. The van der Waals surface area contributed by atoms with Gasteiger partial charge in [0.25, 0.3) is 0 Å². The SMILES string of the molecule is COC1CC(C(=O)O)=CCC1C(C)=O. The van der Waals surface area contributed by atoms with Crippen LogP contribution in [0.1, 0.15) is 19.8 Å². The highest BCUT2D eigenvalue weighted by Gasteiger charge is 2.30. The van der Waals surface area contributed by atoms with E-state index < -0.39 is 5.97 Å². The first-order valence-corrected chi connectivity index (χ1v) is 4.51. The van der Waals surface area contributed by atoms with Crippen molar-refractivity contribution in [3.05, 3.63) is 11.6 Å². The molecule has 1 aliphatic carbocycles. The number of hydrogen-bond acceptors (Lipinski definition) is 3. The number of carbonyl (C=O) groups excluding carboxylic acids is 1. The molecular formula is C10H14O4. The molecule has 0 radical (unpaired) electrons. The Morgan fingerprint density at radius 2 is 2.21 bits per heavy atom. The Bertz CT molecular complexity index is 280. The smallest absolute Gasteiger partial charge is 0.331 e. The highest BCUT2D eigenvalue weighted by atomic mass is 16.5. The summed E-state index contributed by atoms with van der Waals surface area (Å²) in [6, 6.07) is 0. The summed E-state index contributed by atoms with van der Waals surface area (Å²) in [4.78, 5) is 21.9. The lowest BCUT2D eigenvalue weighted by molar-refractivity contribution is -0.134. The van der Waals surface area contributed by atoms with Gasteiger partial charge in [-0.3, -0.25) is 4.79 Å². The fraction of sp³-hybridized carbons (Fsp3) is 0.600. The Morgan fingerprint density at radius 3 is 2.64 bits per heavy atom. The highest BCUT2D eigenvalue weighted by Crippen LogP contribution is 2.26. The second kappa shape index (κ2) is 4.37. The average molecular weight is 198 g/mol. The molecule has 0 aromatic heterocycles. The molecule has 1 rings (SSSR count). The number of carbonyl (C=O) groups is 2. The number of methoxy groups -OCH3 is 1. The van der Waals surface area contributed by atoms with Gasteiger partial charge in [-0.1, -0.05) is 6.08 Å². The van der Waals surface area contributed by atoms with E-state index in [1.807, 2.05) is 0 Å². The molecule has 4 heteroatoms. The van der Waals surface area contributed by atoms with Gasteiger partial charge in [-0.15, -0.1) is 0 Å². The largest absolute Gasteiger partial charge is 0.478 e. The normalized spacial score (nSPS) is 26.9. The van der Waals surface area contributed by atoms with Crippen molar-refractivity contribution in [3.8, 4) is 0 Å². The maximum absolute atomic E-state index is 11.2. The zero-order valence-corrected chi connectivity index (χ0v) is 8.32. The molecule has 0 bridgehead atoms. The Kier molecular flexibility index (Phi) is 3.41. The summed E-state index contributed by atoms with van der Waals surface area (Å²) in [5.41, 5.74) is 0.342. The number of rotatable bonds is 3. The molecule has 2 unspecified atom stereocenters. The average Bonchev–Trinajstić information content (AvgIpc) is 2.16. The minimum atomic E-state index is -0.922. The Labute approximate surface area is 82.6 Å². The first kappa shape index (κ1) is 10.9. The first-order chi connectivity index (χ1) is 6.56. The van der Waals surface area contributed by atoms with Crippen molar-refractivity contribution in [2.75, 3.05) is 7.11 Å². The predicted octanol–water partition coefficient (Wildman–Crippen LogP) is 1.01. The molecule has 2 atom stereocenters. The number of carboxylic acid groups (broad SMARTS) is 1. The van der Waals surface area contributed by atoms with E-state index in [1.165, 1.54) is 14.0 Å². The molecule has 0 saturated carbocycles. The summed E-state index contributed by atoms with van der Waals surface area (Å²) in [5, 5.41) is 8.77. The van der Waals surface area contributed by atoms with E-state index >= 15 is 0 Å². The Morgan fingerprint density at radius 1 is 1.57 bits per heavy atom. The van der Waals surface area contributed by atoms with E-state index in [1.54, 1.807) is 6.08 Å². The van der Waals surface area contributed by atoms with Crippen LogP contribution in [-0.4, -0.2) is 30.1 Å². The van der Waals surface area contributed by atoms with E-state index in [-0.39, 0.29) is 17.8 Å². The van der Waals surface area contributed by atoms with Crippen molar-refractivity contribution in [2.24, 2.45) is 5.92 Å². The predicted molar refractivity (Wildman–Crippen MR) is 49.9 cm³/mol. The van der Waals surface area contributed by atoms with E-state index in [2.05, 4.69) is 0 Å². The first-order valence-electron chi connectivity index (χ1n) is 4.51. The van der Waals surface area contributed by atoms with Gasteiger partial charge in [0.2, 0.25) is 0 Å². The molecular weight excluding hydrogens is 184 g/mol. The number of carboxylic acids is 1. The van der Waals surface area contributed by atoms with Crippen molar-refractivity contribution in [2.45, 2.75) is 25.9 Å². The second-order valence-electron chi connectivity index (χ2n) is 3.47. The molecule has 0 aromatic rings. The zero-order chi connectivity index (χ0) is 10.7. The van der Waals surface area contributed by atoms with Crippen LogP contribution in [0.2, 0.25) is 0 Å². The summed E-state index contributed by atoms with van der Waals surface area (Å²) >= 11 is 0. The van der Waals surface area contributed by atoms with Gasteiger partial charge in [-0.25, -0.2) is 4.79 Å². The van der Waals surface area contributed by atoms with Crippen molar-refractivity contribution < 1.29 is 19.4 Å². The third kappa shape index (κ3) is 2.20. The quantitative estimate of drug-likeness (QED) is 0.735. The molecule has 1 aliphatic rings. The van der Waals surface area contributed by atoms with Crippen LogP contribution in [0, 0.1) is 5.92 Å². The van der Waals surface area contributed by atoms with E-state index in [9.17, 15) is 9.59 Å². The van der Waals surface area contributed by atoms with Gasteiger partial charge in [0.1, 0.15) is 5.78 Å². The number of allylic oxidation sites excluding steroid dienone is 1. The standard InChI is InChI=1S/C10H14O4/c1-6(11)8-4-3-7(10(12)13)5-9(8)14-2/h3,8-9H,4-5H2,1-2H3,(H,12,13). The van der Waals surface area contributed by atoms with Crippen molar-refractivity contribution in [3.63, 3.8) is 0 Å². The van der Waals surface area contributed by atoms with Crippen molar-refractivity contribution in [1.82, 2.24) is 0 Å². The van der Waals surface area contributed by atoms with Gasteiger partial charge in [0, 0.05) is 25.0 Å². The van der Waals surface area contributed by atoms with Crippen LogP contribution in [0.15, 0.2) is 11.6 Å². The number of hydrogen-bond donors (Lipinski definition) is 1. The molecule has 0 amide bonds. The lowest BCUT2D eigenvalue weighted by Crippen LogP contribution is -2.32. The van der Waals surface area contributed by atoms with Gasteiger partial charge >= 0.3 is 5.97 Å². The summed E-state index contributed by atoms with van der Waals surface area (Å²) in [5.74, 6) is -1.06. The fourth-order valence-electron chi connectivity index (χ4n) is 1.71. The minimum absolute atomic E-state index is 0.0533. The molecule has 0 fully saturated rings. The lowest BCUT2D eigenvalue weighted by atomic mass is 9.84. The van der Waals surface area contributed by atoms with Gasteiger partial charge in [0.05, 0.1) is 6.10 Å². The van der Waals surface area contributed by atoms with Gasteiger partial charge in [0.15, 0.2) is 0 Å². The van der Waals surface area contributed by atoms with Crippen molar-refractivity contribution in [1.29, 1.82) is 0 Å². The summed E-state index contributed by atoms with van der Waals surface area (Å²) < 4.78 is 5.12. The van der Waals surface area contributed by atoms with Crippen LogP contribution < -0.4 is 0 Å². The molecule has 0 heterocycles. The monoisotopic (exact) mass is 198 g/mol. The molecule has 0 spiro atoms. The number of aliphatic carboxylic acids is 1. The van der Waals surface area contributed by atoms with Crippen LogP contribution in [-0.2, 0) is 14.3 Å². The molecule has 0 aromatic carbocycles. The topological polar surface area (TPSA) is 63.6 Å². The molecule has 78 valence electrons.